The lowest BCUT2D eigenvalue weighted by Crippen LogP contribution is -2.17. The zero-order chi connectivity index (χ0) is 18.5. The Morgan fingerprint density at radius 1 is 0.926 bits per heavy atom. The average molecular weight is 356 g/mol. The fraction of sp³-hybridized carbons (Fsp3) is 0.0952. The fourth-order valence-corrected chi connectivity index (χ4v) is 2.79. The summed E-state index contributed by atoms with van der Waals surface area (Å²) in [7, 11) is 2.03. The van der Waals surface area contributed by atoms with Gasteiger partial charge in [-0.05, 0) is 23.8 Å². The van der Waals surface area contributed by atoms with Gasteiger partial charge in [0.15, 0.2) is 0 Å². The molecule has 0 saturated carbocycles. The first-order valence-corrected chi connectivity index (χ1v) is 8.73. The zero-order valence-electron chi connectivity index (χ0n) is 15.0. The molecule has 6 nitrogen and oxygen atoms in total. The molecule has 0 saturated heterocycles. The molecular formula is C21H20N6. The molecule has 4 rings (SSSR count). The first-order valence-electron chi connectivity index (χ1n) is 8.73. The summed E-state index contributed by atoms with van der Waals surface area (Å²) >= 11 is 0. The van der Waals surface area contributed by atoms with E-state index in [1.807, 2.05) is 67.7 Å². The molecule has 2 heterocycles. The van der Waals surface area contributed by atoms with E-state index < -0.39 is 0 Å². The molecule has 0 amide bonds. The number of anilines is 3. The van der Waals surface area contributed by atoms with Gasteiger partial charge in [-0.25, -0.2) is 9.67 Å². The number of rotatable bonds is 6. The Morgan fingerprint density at radius 3 is 2.44 bits per heavy atom. The van der Waals surface area contributed by atoms with Crippen molar-refractivity contribution in [3.05, 3.63) is 90.9 Å². The smallest absolute Gasteiger partial charge is 0.246 e. The van der Waals surface area contributed by atoms with Crippen molar-refractivity contribution in [1.29, 1.82) is 0 Å². The van der Waals surface area contributed by atoms with Crippen LogP contribution in [0.15, 0.2) is 85.3 Å². The lowest BCUT2D eigenvalue weighted by molar-refractivity contribution is 0.862. The van der Waals surface area contributed by atoms with Crippen molar-refractivity contribution in [1.82, 2.24) is 19.7 Å². The van der Waals surface area contributed by atoms with Crippen molar-refractivity contribution in [2.24, 2.45) is 0 Å². The van der Waals surface area contributed by atoms with E-state index in [9.17, 15) is 0 Å². The van der Waals surface area contributed by atoms with E-state index in [1.54, 1.807) is 17.2 Å². The van der Waals surface area contributed by atoms with Gasteiger partial charge in [0, 0.05) is 31.5 Å². The fourth-order valence-electron chi connectivity index (χ4n) is 2.79. The third kappa shape index (κ3) is 4.12. The Morgan fingerprint density at radius 2 is 1.67 bits per heavy atom. The van der Waals surface area contributed by atoms with Crippen LogP contribution in [-0.2, 0) is 6.54 Å². The summed E-state index contributed by atoms with van der Waals surface area (Å²) in [6.07, 6.45) is 3.49. The summed E-state index contributed by atoms with van der Waals surface area (Å²) < 4.78 is 1.74. The van der Waals surface area contributed by atoms with Crippen molar-refractivity contribution >= 4 is 17.5 Å². The zero-order valence-corrected chi connectivity index (χ0v) is 15.0. The summed E-state index contributed by atoms with van der Waals surface area (Å²) in [6.45, 7) is 0.787. The summed E-state index contributed by atoms with van der Waals surface area (Å²) in [5.74, 6) is 1.43. The molecule has 6 heteroatoms. The summed E-state index contributed by atoms with van der Waals surface area (Å²) in [5.41, 5.74) is 3.10. The van der Waals surface area contributed by atoms with Gasteiger partial charge in [-0.15, -0.1) is 5.10 Å². The van der Waals surface area contributed by atoms with Gasteiger partial charge in [-0.3, -0.25) is 0 Å². The summed E-state index contributed by atoms with van der Waals surface area (Å²) in [5, 5.41) is 7.70. The number of benzene rings is 2. The third-order valence-corrected chi connectivity index (χ3v) is 4.17. The van der Waals surface area contributed by atoms with Crippen molar-refractivity contribution in [2.45, 2.75) is 6.54 Å². The maximum atomic E-state index is 4.51. The van der Waals surface area contributed by atoms with Gasteiger partial charge >= 0.3 is 0 Å². The minimum Gasteiger partial charge on any atom is -0.355 e. The van der Waals surface area contributed by atoms with E-state index in [1.165, 1.54) is 5.56 Å². The third-order valence-electron chi connectivity index (χ3n) is 4.17. The number of hydrogen-bond acceptors (Lipinski definition) is 5. The van der Waals surface area contributed by atoms with Crippen LogP contribution in [0.5, 0.6) is 0 Å². The number of nitrogens with one attached hydrogen (secondary N) is 1. The Hall–Kier alpha value is -3.67. The van der Waals surface area contributed by atoms with E-state index in [0.717, 1.165) is 23.7 Å². The SMILES string of the molecule is CN(Cc1ccccc1)c1cc(-n2cnc(Nc3ccccc3)n2)ccn1. The van der Waals surface area contributed by atoms with Gasteiger partial charge in [0.25, 0.3) is 0 Å². The largest absolute Gasteiger partial charge is 0.355 e. The predicted octanol–water partition coefficient (Wildman–Crippen LogP) is 4.04. The summed E-state index contributed by atoms with van der Waals surface area (Å²) in [4.78, 5) is 10.9. The van der Waals surface area contributed by atoms with Gasteiger partial charge in [-0.1, -0.05) is 48.5 Å². The quantitative estimate of drug-likeness (QED) is 0.565. The lowest BCUT2D eigenvalue weighted by atomic mass is 10.2. The molecule has 0 spiro atoms. The van der Waals surface area contributed by atoms with E-state index in [2.05, 4.69) is 37.4 Å². The molecular weight excluding hydrogens is 336 g/mol. The summed E-state index contributed by atoms with van der Waals surface area (Å²) in [6, 6.07) is 24.1. The van der Waals surface area contributed by atoms with Gasteiger partial charge in [-0.2, -0.15) is 4.98 Å². The van der Waals surface area contributed by atoms with Crippen molar-refractivity contribution < 1.29 is 0 Å². The topological polar surface area (TPSA) is 58.9 Å². The van der Waals surface area contributed by atoms with Crippen LogP contribution in [0.3, 0.4) is 0 Å². The Balaban J connectivity index is 1.51. The predicted molar refractivity (Wildman–Crippen MR) is 107 cm³/mol. The van der Waals surface area contributed by atoms with Crippen LogP contribution in [0.1, 0.15) is 5.56 Å². The van der Waals surface area contributed by atoms with Gasteiger partial charge in [0.2, 0.25) is 5.95 Å². The molecule has 134 valence electrons. The highest BCUT2D eigenvalue weighted by Crippen LogP contribution is 2.18. The molecule has 0 aliphatic rings. The molecule has 0 bridgehead atoms. The second-order valence-electron chi connectivity index (χ2n) is 6.22. The first-order chi connectivity index (χ1) is 13.3. The molecule has 0 fully saturated rings. The molecule has 0 aliphatic heterocycles. The Bertz CT molecular complexity index is 997. The Labute approximate surface area is 158 Å². The van der Waals surface area contributed by atoms with E-state index in [4.69, 9.17) is 0 Å². The second kappa shape index (κ2) is 7.70. The van der Waals surface area contributed by atoms with Crippen LogP contribution in [0.25, 0.3) is 5.69 Å². The number of para-hydroxylation sites is 1. The number of nitrogens with zero attached hydrogens (tertiary/aromatic N) is 5. The van der Waals surface area contributed by atoms with Crippen LogP contribution >= 0.6 is 0 Å². The highest BCUT2D eigenvalue weighted by molar-refractivity contribution is 5.53. The van der Waals surface area contributed by atoms with Gasteiger partial charge < -0.3 is 10.2 Å². The molecule has 0 radical (unpaired) electrons. The van der Waals surface area contributed by atoms with Gasteiger partial charge in [0.05, 0.1) is 5.69 Å². The van der Waals surface area contributed by atoms with Crippen molar-refractivity contribution in [2.75, 3.05) is 17.3 Å². The Kier molecular flexibility index (Phi) is 4.78. The minimum absolute atomic E-state index is 0.553. The highest BCUT2D eigenvalue weighted by atomic mass is 15.4. The second-order valence-corrected chi connectivity index (χ2v) is 6.22. The van der Waals surface area contributed by atoms with Crippen molar-refractivity contribution in [3.63, 3.8) is 0 Å². The van der Waals surface area contributed by atoms with Crippen LogP contribution in [0.4, 0.5) is 17.5 Å². The minimum atomic E-state index is 0.553. The molecule has 2 aromatic heterocycles. The molecule has 1 N–H and O–H groups in total. The number of pyridine rings is 1. The molecule has 0 atom stereocenters. The molecule has 0 unspecified atom stereocenters. The highest BCUT2D eigenvalue weighted by Gasteiger charge is 2.08. The molecule has 2 aromatic carbocycles. The molecule has 4 aromatic rings. The van der Waals surface area contributed by atoms with E-state index >= 15 is 0 Å². The first kappa shape index (κ1) is 16.8. The molecule has 0 aliphatic carbocycles. The van der Waals surface area contributed by atoms with Crippen LogP contribution in [0.2, 0.25) is 0 Å². The van der Waals surface area contributed by atoms with E-state index in [0.29, 0.717) is 5.95 Å². The monoisotopic (exact) mass is 356 g/mol. The van der Waals surface area contributed by atoms with Crippen molar-refractivity contribution in [3.8, 4) is 5.69 Å². The maximum Gasteiger partial charge on any atom is 0.246 e. The standard InChI is InChI=1S/C21H20N6/c1-26(15-17-8-4-2-5-9-17)20-14-19(12-13-22-20)27-16-23-21(25-27)24-18-10-6-3-7-11-18/h2-14,16H,15H2,1H3,(H,24,25). The molecule has 27 heavy (non-hydrogen) atoms. The maximum absolute atomic E-state index is 4.51. The van der Waals surface area contributed by atoms with Crippen LogP contribution < -0.4 is 10.2 Å². The van der Waals surface area contributed by atoms with Gasteiger partial charge in [0.1, 0.15) is 12.1 Å². The normalized spacial score (nSPS) is 10.6. The number of aromatic nitrogens is 4. The van der Waals surface area contributed by atoms with E-state index in [-0.39, 0.29) is 0 Å². The lowest BCUT2D eigenvalue weighted by Gasteiger charge is -2.18. The average Bonchev–Trinajstić information content (AvgIpc) is 3.18. The number of hydrogen-bond donors (Lipinski definition) is 1. The van der Waals surface area contributed by atoms with Crippen LogP contribution in [0, 0.1) is 0 Å². The van der Waals surface area contributed by atoms with Crippen LogP contribution in [-0.4, -0.2) is 26.8 Å².